The van der Waals surface area contributed by atoms with E-state index in [0.29, 0.717) is 6.04 Å². The fourth-order valence-corrected chi connectivity index (χ4v) is 2.10. The zero-order chi connectivity index (χ0) is 11.3. The van der Waals surface area contributed by atoms with Crippen molar-refractivity contribution in [2.45, 2.75) is 39.3 Å². The second-order valence-electron chi connectivity index (χ2n) is 4.55. The van der Waals surface area contributed by atoms with Crippen LogP contribution in [0.2, 0.25) is 0 Å². The molecule has 0 spiro atoms. The summed E-state index contributed by atoms with van der Waals surface area (Å²) >= 11 is 1.78. The minimum Gasteiger partial charge on any atom is -0.374 e. The predicted octanol–water partition coefficient (Wildman–Crippen LogP) is 3.21. The van der Waals surface area contributed by atoms with Crippen molar-refractivity contribution in [3.05, 3.63) is 22.4 Å². The van der Waals surface area contributed by atoms with Gasteiger partial charge in [0.25, 0.3) is 0 Å². The third kappa shape index (κ3) is 4.78. The number of rotatable bonds is 5. The number of ether oxygens (including phenoxy) is 1. The Morgan fingerprint density at radius 3 is 2.67 bits per heavy atom. The van der Waals surface area contributed by atoms with Crippen LogP contribution < -0.4 is 5.32 Å². The van der Waals surface area contributed by atoms with Gasteiger partial charge in [-0.3, -0.25) is 0 Å². The lowest BCUT2D eigenvalue weighted by atomic mass is 10.2. The largest absolute Gasteiger partial charge is 0.374 e. The van der Waals surface area contributed by atoms with E-state index in [2.05, 4.69) is 50.5 Å². The Morgan fingerprint density at radius 2 is 2.20 bits per heavy atom. The molecule has 1 aromatic rings. The molecule has 0 aliphatic rings. The van der Waals surface area contributed by atoms with E-state index >= 15 is 0 Å². The second-order valence-corrected chi connectivity index (χ2v) is 5.53. The van der Waals surface area contributed by atoms with Gasteiger partial charge >= 0.3 is 0 Å². The van der Waals surface area contributed by atoms with Crippen LogP contribution in [-0.4, -0.2) is 18.8 Å². The van der Waals surface area contributed by atoms with Crippen LogP contribution in [-0.2, 0) is 4.74 Å². The summed E-state index contributed by atoms with van der Waals surface area (Å²) < 4.78 is 5.81. The Bertz CT molecular complexity index is 264. The molecule has 0 saturated carbocycles. The lowest BCUT2D eigenvalue weighted by Gasteiger charge is -2.24. The summed E-state index contributed by atoms with van der Waals surface area (Å²) in [5.74, 6) is 0. The lowest BCUT2D eigenvalue weighted by molar-refractivity contribution is -0.0142. The van der Waals surface area contributed by atoms with Crippen molar-refractivity contribution in [3.8, 4) is 0 Å². The molecule has 0 radical (unpaired) electrons. The zero-order valence-corrected chi connectivity index (χ0v) is 10.9. The summed E-state index contributed by atoms with van der Waals surface area (Å²) in [6, 6.07) is 4.57. The highest BCUT2D eigenvalue weighted by Gasteiger charge is 2.16. The van der Waals surface area contributed by atoms with Crippen molar-refractivity contribution in [1.29, 1.82) is 0 Å². The summed E-state index contributed by atoms with van der Waals surface area (Å²) in [5.41, 5.74) is -0.0646. The topological polar surface area (TPSA) is 21.3 Å². The van der Waals surface area contributed by atoms with E-state index < -0.39 is 0 Å². The molecule has 0 aliphatic heterocycles. The van der Waals surface area contributed by atoms with Gasteiger partial charge in [-0.15, -0.1) is 11.3 Å². The van der Waals surface area contributed by atoms with Gasteiger partial charge in [0, 0.05) is 4.88 Å². The number of hydrogen-bond acceptors (Lipinski definition) is 3. The Kier molecular flexibility index (Phi) is 4.77. The molecule has 1 heterocycles. The molecule has 2 nitrogen and oxygen atoms in total. The average Bonchev–Trinajstić information content (AvgIpc) is 2.63. The zero-order valence-electron chi connectivity index (χ0n) is 10.0. The van der Waals surface area contributed by atoms with Gasteiger partial charge in [0.05, 0.1) is 18.2 Å². The van der Waals surface area contributed by atoms with E-state index in [1.54, 1.807) is 11.3 Å². The molecule has 1 unspecified atom stereocenters. The lowest BCUT2D eigenvalue weighted by Crippen LogP contribution is -2.29. The van der Waals surface area contributed by atoms with Gasteiger partial charge in [0.15, 0.2) is 0 Å². The van der Waals surface area contributed by atoms with E-state index in [4.69, 9.17) is 4.74 Å². The molecule has 0 aliphatic carbocycles. The van der Waals surface area contributed by atoms with E-state index in [0.717, 1.165) is 13.2 Å². The second kappa shape index (κ2) is 5.64. The van der Waals surface area contributed by atoms with Crippen molar-refractivity contribution in [2.75, 3.05) is 13.2 Å². The number of likely N-dealkylation sites (N-methyl/N-ethyl adjacent to an activating group) is 1. The van der Waals surface area contributed by atoms with Crippen LogP contribution in [0.25, 0.3) is 0 Å². The van der Waals surface area contributed by atoms with Crippen molar-refractivity contribution >= 4 is 11.3 Å². The maximum absolute atomic E-state index is 5.81. The van der Waals surface area contributed by atoms with Crippen LogP contribution in [0.4, 0.5) is 0 Å². The summed E-state index contributed by atoms with van der Waals surface area (Å²) in [4.78, 5) is 1.35. The Morgan fingerprint density at radius 1 is 1.47 bits per heavy atom. The highest BCUT2D eigenvalue weighted by Crippen LogP contribution is 2.21. The molecule has 0 amide bonds. The van der Waals surface area contributed by atoms with Crippen LogP contribution in [0.3, 0.4) is 0 Å². The number of thiophene rings is 1. The maximum atomic E-state index is 5.81. The molecular weight excluding hydrogens is 206 g/mol. The molecule has 0 aromatic carbocycles. The monoisotopic (exact) mass is 227 g/mol. The molecule has 86 valence electrons. The van der Waals surface area contributed by atoms with Gasteiger partial charge in [-0.1, -0.05) is 13.0 Å². The fraction of sp³-hybridized carbons (Fsp3) is 0.667. The van der Waals surface area contributed by atoms with Crippen LogP contribution in [0.5, 0.6) is 0 Å². The first-order valence-corrected chi connectivity index (χ1v) is 6.31. The van der Waals surface area contributed by atoms with E-state index in [1.807, 2.05) is 0 Å². The summed E-state index contributed by atoms with van der Waals surface area (Å²) in [5, 5.41) is 5.55. The van der Waals surface area contributed by atoms with E-state index in [-0.39, 0.29) is 5.60 Å². The fourth-order valence-electron chi connectivity index (χ4n) is 1.31. The minimum absolute atomic E-state index is 0.0646. The molecule has 0 saturated heterocycles. The minimum atomic E-state index is -0.0646. The van der Waals surface area contributed by atoms with Gasteiger partial charge in [0.1, 0.15) is 0 Å². The first-order chi connectivity index (χ1) is 7.03. The first-order valence-electron chi connectivity index (χ1n) is 5.43. The third-order valence-corrected chi connectivity index (χ3v) is 3.01. The molecule has 15 heavy (non-hydrogen) atoms. The Labute approximate surface area is 96.7 Å². The van der Waals surface area contributed by atoms with Gasteiger partial charge in [-0.2, -0.15) is 0 Å². The Balaban J connectivity index is 2.52. The van der Waals surface area contributed by atoms with Crippen LogP contribution >= 0.6 is 11.3 Å². The molecule has 1 aromatic heterocycles. The van der Waals surface area contributed by atoms with E-state index in [1.165, 1.54) is 4.88 Å². The van der Waals surface area contributed by atoms with Gasteiger partial charge in [-0.05, 0) is 38.8 Å². The quantitative estimate of drug-likeness (QED) is 0.834. The molecule has 1 N–H and O–H groups in total. The normalized spacial score (nSPS) is 14.1. The molecular formula is C12H21NOS. The van der Waals surface area contributed by atoms with Crippen LogP contribution in [0.1, 0.15) is 38.6 Å². The summed E-state index contributed by atoms with van der Waals surface area (Å²) in [6.45, 7) is 10.1. The highest BCUT2D eigenvalue weighted by atomic mass is 32.1. The molecule has 0 bridgehead atoms. The number of hydrogen-bond donors (Lipinski definition) is 1. The third-order valence-electron chi connectivity index (χ3n) is 2.02. The van der Waals surface area contributed by atoms with Crippen LogP contribution in [0, 0.1) is 0 Å². The van der Waals surface area contributed by atoms with Crippen molar-refractivity contribution in [2.24, 2.45) is 0 Å². The van der Waals surface area contributed by atoms with Crippen LogP contribution in [0.15, 0.2) is 17.5 Å². The molecule has 1 rings (SSSR count). The average molecular weight is 227 g/mol. The maximum Gasteiger partial charge on any atom is 0.0676 e. The van der Waals surface area contributed by atoms with Gasteiger partial charge in [0.2, 0.25) is 0 Å². The van der Waals surface area contributed by atoms with E-state index in [9.17, 15) is 0 Å². The Hall–Kier alpha value is -0.380. The molecule has 3 heteroatoms. The van der Waals surface area contributed by atoms with Gasteiger partial charge < -0.3 is 10.1 Å². The molecule has 0 fully saturated rings. The van der Waals surface area contributed by atoms with Crippen molar-refractivity contribution < 1.29 is 4.74 Å². The summed E-state index contributed by atoms with van der Waals surface area (Å²) in [6.07, 6.45) is 0. The van der Waals surface area contributed by atoms with Crippen molar-refractivity contribution in [1.82, 2.24) is 5.32 Å². The highest BCUT2D eigenvalue weighted by molar-refractivity contribution is 7.10. The van der Waals surface area contributed by atoms with Crippen molar-refractivity contribution in [3.63, 3.8) is 0 Å². The molecule has 1 atom stereocenters. The number of nitrogens with one attached hydrogen (secondary N) is 1. The standard InChI is InChI=1S/C12H21NOS/c1-5-13-10(9-14-12(2,3)4)11-7-6-8-15-11/h6-8,10,13H,5,9H2,1-4H3. The SMILES string of the molecule is CCNC(COC(C)(C)C)c1cccs1. The predicted molar refractivity (Wildman–Crippen MR) is 66.4 cm³/mol. The summed E-state index contributed by atoms with van der Waals surface area (Å²) in [7, 11) is 0. The van der Waals surface area contributed by atoms with Gasteiger partial charge in [-0.25, -0.2) is 0 Å². The first kappa shape index (κ1) is 12.7. The smallest absolute Gasteiger partial charge is 0.0676 e.